The highest BCUT2D eigenvalue weighted by Crippen LogP contribution is 2.45. The summed E-state index contributed by atoms with van der Waals surface area (Å²) in [5, 5.41) is 8.69. The number of unbranched alkanes of at least 4 members (excludes halogenated alkanes) is 1. The Morgan fingerprint density at radius 3 is 1.90 bits per heavy atom. The maximum absolute atomic E-state index is 14.5. The molecule has 0 saturated carbocycles. The molecule has 42 heavy (non-hydrogen) atoms. The Hall–Kier alpha value is -3.21. The molecule has 0 N–H and O–H groups in total. The van der Waals surface area contributed by atoms with Gasteiger partial charge in [-0.25, -0.2) is 0 Å². The normalized spacial score (nSPS) is 14.8. The standard InChI is InChI=1S/C33H23NO3S5/c1-4-5-12-34-32(36)22-16(3)41-31(27(22)33(34)37)21-9-8-20(42-21)24-26-25(23(28(24)35)19-7-6-15(2)40-19)29-17(10-13-38-29)18-11-14-39-30(18)26/h6-11,13-14H,4-5,12H2,1-3H3. The fraction of sp³-hybridized carbons (Fsp3) is 0.182. The number of Topliss-reactive ketones (excluding diaryl/α,β-unsaturated/α-hetero) is 1. The molecule has 1 aliphatic carbocycles. The Morgan fingerprint density at radius 2 is 1.29 bits per heavy atom. The third-order valence-electron chi connectivity index (χ3n) is 8.08. The van der Waals surface area contributed by atoms with Gasteiger partial charge in [-0.15, -0.1) is 56.7 Å². The molecule has 0 radical (unpaired) electrons. The quantitative estimate of drug-likeness (QED) is 0.174. The van der Waals surface area contributed by atoms with Crippen LogP contribution in [-0.4, -0.2) is 29.0 Å². The molecular formula is C33H23NO3S5. The molecule has 0 unspecified atom stereocenters. The third kappa shape index (κ3) is 3.58. The van der Waals surface area contributed by atoms with E-state index in [1.807, 2.05) is 19.1 Å². The number of carbonyl (C=O) groups is 3. The zero-order chi connectivity index (χ0) is 28.9. The number of benzene rings is 1. The van der Waals surface area contributed by atoms with Gasteiger partial charge in [-0.1, -0.05) is 13.3 Å². The van der Waals surface area contributed by atoms with Gasteiger partial charge in [0.15, 0.2) is 5.78 Å². The van der Waals surface area contributed by atoms with Crippen molar-refractivity contribution in [1.29, 1.82) is 0 Å². The van der Waals surface area contributed by atoms with Gasteiger partial charge in [0.1, 0.15) is 0 Å². The van der Waals surface area contributed by atoms with Gasteiger partial charge in [-0.3, -0.25) is 19.3 Å². The Balaban J connectivity index is 1.36. The van der Waals surface area contributed by atoms with E-state index in [9.17, 15) is 14.4 Å². The van der Waals surface area contributed by atoms with Crippen LogP contribution in [0.25, 0.3) is 41.1 Å². The SMILES string of the molecule is CCCCN1C(=O)c2c(C)sc(-c3ccc(C4=c5c(c6sccc6c6ccsc56)=C(c5ccc(C)s5)C4=O)s3)c2C1=O. The number of carbonyl (C=O) groups excluding carboxylic acids is 3. The first kappa shape index (κ1) is 26.4. The molecule has 9 heteroatoms. The number of nitrogens with zero attached hydrogens (tertiary/aromatic N) is 1. The molecule has 6 heterocycles. The van der Waals surface area contributed by atoms with Crippen molar-refractivity contribution in [3.63, 3.8) is 0 Å². The van der Waals surface area contributed by atoms with Crippen molar-refractivity contribution in [2.75, 3.05) is 6.54 Å². The van der Waals surface area contributed by atoms with Crippen LogP contribution >= 0.6 is 56.7 Å². The van der Waals surface area contributed by atoms with Crippen molar-refractivity contribution in [3.8, 4) is 9.75 Å². The summed E-state index contributed by atoms with van der Waals surface area (Å²) in [6.07, 6.45) is 1.71. The van der Waals surface area contributed by atoms with Gasteiger partial charge < -0.3 is 0 Å². The van der Waals surface area contributed by atoms with E-state index < -0.39 is 0 Å². The van der Waals surface area contributed by atoms with Gasteiger partial charge in [0.2, 0.25) is 0 Å². The summed E-state index contributed by atoms with van der Waals surface area (Å²) < 4.78 is 2.29. The second kappa shape index (κ2) is 9.65. The molecule has 8 rings (SSSR count). The molecule has 0 atom stereocenters. The minimum Gasteiger partial charge on any atom is -0.288 e. The van der Waals surface area contributed by atoms with E-state index in [1.165, 1.54) is 31.9 Å². The fourth-order valence-corrected chi connectivity index (χ4v) is 11.3. The van der Waals surface area contributed by atoms with Gasteiger partial charge >= 0.3 is 0 Å². The van der Waals surface area contributed by atoms with Gasteiger partial charge in [-0.2, -0.15) is 0 Å². The average Bonchev–Trinajstić information content (AvgIpc) is 3.80. The van der Waals surface area contributed by atoms with E-state index in [0.29, 0.717) is 17.7 Å². The van der Waals surface area contributed by atoms with Crippen molar-refractivity contribution < 1.29 is 14.4 Å². The molecule has 1 aromatic carbocycles. The highest BCUT2D eigenvalue weighted by atomic mass is 32.1. The molecule has 4 nitrogen and oxygen atoms in total. The fourth-order valence-electron chi connectivity index (χ4n) is 6.18. The summed E-state index contributed by atoms with van der Waals surface area (Å²) in [6.45, 7) is 6.50. The highest BCUT2D eigenvalue weighted by molar-refractivity contribution is 7.23. The number of fused-ring (bicyclic) bond motifs is 7. The van der Waals surface area contributed by atoms with Crippen LogP contribution in [0.5, 0.6) is 0 Å². The second-order valence-corrected chi connectivity index (χ2v) is 16.0. The number of rotatable bonds is 6. The molecule has 208 valence electrons. The van der Waals surface area contributed by atoms with Gasteiger partial charge in [0, 0.05) is 72.7 Å². The van der Waals surface area contributed by atoms with E-state index in [4.69, 9.17) is 0 Å². The van der Waals surface area contributed by atoms with Crippen LogP contribution in [0, 0.1) is 13.8 Å². The summed E-state index contributed by atoms with van der Waals surface area (Å²) in [4.78, 5) is 48.3. The molecule has 0 saturated heterocycles. The van der Waals surface area contributed by atoms with Crippen molar-refractivity contribution in [1.82, 2.24) is 4.90 Å². The largest absolute Gasteiger partial charge is 0.288 e. The lowest BCUT2D eigenvalue weighted by Crippen LogP contribution is -2.31. The van der Waals surface area contributed by atoms with Crippen LogP contribution in [0.15, 0.2) is 47.2 Å². The van der Waals surface area contributed by atoms with Crippen LogP contribution in [0.4, 0.5) is 0 Å². The van der Waals surface area contributed by atoms with Crippen molar-refractivity contribution >= 4 is 106 Å². The average molecular weight is 642 g/mol. The van der Waals surface area contributed by atoms with E-state index in [0.717, 1.165) is 68.2 Å². The molecule has 5 aromatic heterocycles. The Kier molecular flexibility index (Phi) is 6.07. The summed E-state index contributed by atoms with van der Waals surface area (Å²) in [6, 6.07) is 12.5. The van der Waals surface area contributed by atoms with Crippen LogP contribution < -0.4 is 10.4 Å². The Bertz CT molecular complexity index is 2290. The second-order valence-electron chi connectivity index (χ2n) is 10.6. The Morgan fingerprint density at radius 1 is 0.690 bits per heavy atom. The van der Waals surface area contributed by atoms with Crippen molar-refractivity contribution in [2.24, 2.45) is 0 Å². The zero-order valence-electron chi connectivity index (χ0n) is 23.0. The van der Waals surface area contributed by atoms with E-state index in [2.05, 4.69) is 48.9 Å². The maximum atomic E-state index is 14.5. The van der Waals surface area contributed by atoms with Crippen LogP contribution in [0.1, 0.15) is 60.0 Å². The van der Waals surface area contributed by atoms with Crippen LogP contribution in [-0.2, 0) is 4.79 Å². The van der Waals surface area contributed by atoms with Crippen molar-refractivity contribution in [2.45, 2.75) is 33.6 Å². The number of hydrogen-bond acceptors (Lipinski definition) is 8. The predicted octanol–water partition coefficient (Wildman–Crippen LogP) is 7.96. The maximum Gasteiger partial charge on any atom is 0.263 e. The van der Waals surface area contributed by atoms with E-state index >= 15 is 0 Å². The minimum atomic E-state index is -0.197. The molecule has 0 fully saturated rings. The van der Waals surface area contributed by atoms with Crippen LogP contribution in [0.2, 0.25) is 0 Å². The summed E-state index contributed by atoms with van der Waals surface area (Å²) in [5.41, 5.74) is 2.60. The minimum absolute atomic E-state index is 0.0560. The summed E-state index contributed by atoms with van der Waals surface area (Å²) >= 11 is 8.08. The number of imide groups is 1. The summed E-state index contributed by atoms with van der Waals surface area (Å²) in [5.74, 6) is -0.322. The third-order valence-corrected chi connectivity index (χ3v) is 13.3. The van der Waals surface area contributed by atoms with Gasteiger partial charge in [-0.05, 0) is 67.4 Å². The van der Waals surface area contributed by atoms with E-state index in [-0.39, 0.29) is 17.6 Å². The predicted molar refractivity (Wildman–Crippen MR) is 178 cm³/mol. The van der Waals surface area contributed by atoms with E-state index in [1.54, 1.807) is 45.3 Å². The first-order chi connectivity index (χ1) is 20.4. The zero-order valence-corrected chi connectivity index (χ0v) is 27.0. The molecule has 0 bridgehead atoms. The first-order valence-corrected chi connectivity index (χ1v) is 18.0. The molecule has 0 spiro atoms. The first-order valence-electron chi connectivity index (χ1n) is 13.8. The monoisotopic (exact) mass is 641 g/mol. The van der Waals surface area contributed by atoms with Gasteiger partial charge in [0.25, 0.3) is 11.8 Å². The highest BCUT2D eigenvalue weighted by Gasteiger charge is 2.41. The molecule has 6 aromatic rings. The molecule has 2 amide bonds. The Labute approximate surface area is 261 Å². The smallest absolute Gasteiger partial charge is 0.263 e. The summed E-state index contributed by atoms with van der Waals surface area (Å²) in [7, 11) is 0. The lowest BCUT2D eigenvalue weighted by molar-refractivity contribution is -0.108. The number of amides is 2. The molecule has 2 aliphatic rings. The topological polar surface area (TPSA) is 54.5 Å². The number of thiophene rings is 5. The molecule has 1 aliphatic heterocycles. The van der Waals surface area contributed by atoms with Crippen molar-refractivity contribution in [3.05, 3.63) is 88.2 Å². The molecular weight excluding hydrogens is 619 g/mol. The number of aryl methyl sites for hydroxylation is 2. The lowest BCUT2D eigenvalue weighted by atomic mass is 10.1. The number of ketones is 1. The number of hydrogen-bond donors (Lipinski definition) is 0. The van der Waals surface area contributed by atoms with Crippen LogP contribution in [0.3, 0.4) is 0 Å². The van der Waals surface area contributed by atoms with Gasteiger partial charge in [0.05, 0.1) is 16.0 Å². The lowest BCUT2D eigenvalue weighted by Gasteiger charge is -2.13.